The van der Waals surface area contributed by atoms with Crippen LogP contribution in [0, 0.1) is 0 Å². The van der Waals surface area contributed by atoms with Crippen molar-refractivity contribution in [3.63, 3.8) is 0 Å². The lowest BCUT2D eigenvalue weighted by Crippen LogP contribution is -2.35. The van der Waals surface area contributed by atoms with E-state index in [0.717, 1.165) is 11.2 Å². The van der Waals surface area contributed by atoms with Crippen molar-refractivity contribution in [1.82, 2.24) is 0 Å². The summed E-state index contributed by atoms with van der Waals surface area (Å²) in [5.41, 5.74) is 0. The molecule has 114 valence electrons. The van der Waals surface area contributed by atoms with Gasteiger partial charge in [0.15, 0.2) is 0 Å². The van der Waals surface area contributed by atoms with Crippen LogP contribution in [-0.4, -0.2) is 6.69 Å². The fourth-order valence-corrected chi connectivity index (χ4v) is 5.70. The van der Waals surface area contributed by atoms with Gasteiger partial charge in [-0.2, -0.15) is 0 Å². The number of hydrogen-bond donors (Lipinski definition) is 0. The molecule has 1 rings (SSSR count). The molecule has 0 aliphatic rings. The second kappa shape index (κ2) is 10.7. The number of hydrogen-bond acceptors (Lipinski definition) is 0. The van der Waals surface area contributed by atoms with Crippen molar-refractivity contribution >= 4 is 34.0 Å². The Kier molecular flexibility index (Phi) is 9.67. The van der Waals surface area contributed by atoms with Gasteiger partial charge in [0.2, 0.25) is 0 Å². The molecule has 20 heavy (non-hydrogen) atoms. The van der Waals surface area contributed by atoms with Gasteiger partial charge in [0.1, 0.15) is 0 Å². The zero-order chi connectivity index (χ0) is 14.7. The summed E-state index contributed by atoms with van der Waals surface area (Å²) >= 11 is 13.1. The summed E-state index contributed by atoms with van der Waals surface area (Å²) in [4.78, 5) is 0. The van der Waals surface area contributed by atoms with Crippen LogP contribution in [0.15, 0.2) is 30.3 Å². The zero-order valence-electron chi connectivity index (χ0n) is 12.7. The SMILES string of the molecule is CCCCCCCCCCC[Si](Cl)(Cl)c1ccccc1. The van der Waals surface area contributed by atoms with E-state index in [1.165, 1.54) is 57.8 Å². The first-order valence-electron chi connectivity index (χ1n) is 8.10. The third-order valence-electron chi connectivity index (χ3n) is 3.79. The van der Waals surface area contributed by atoms with Crippen LogP contribution in [0.3, 0.4) is 0 Å². The van der Waals surface area contributed by atoms with E-state index in [9.17, 15) is 0 Å². The van der Waals surface area contributed by atoms with Crippen molar-refractivity contribution in [3.05, 3.63) is 30.3 Å². The van der Waals surface area contributed by atoms with Gasteiger partial charge in [-0.1, -0.05) is 95.0 Å². The fourth-order valence-electron chi connectivity index (χ4n) is 2.48. The van der Waals surface area contributed by atoms with E-state index >= 15 is 0 Å². The predicted octanol–water partition coefficient (Wildman–Crippen LogP) is 6.34. The van der Waals surface area contributed by atoms with Crippen molar-refractivity contribution < 1.29 is 0 Å². The first kappa shape index (κ1) is 18.1. The first-order valence-corrected chi connectivity index (χ1v) is 12.3. The maximum atomic E-state index is 6.56. The van der Waals surface area contributed by atoms with Crippen molar-refractivity contribution in [1.29, 1.82) is 0 Å². The minimum Gasteiger partial charge on any atom is -0.140 e. The molecule has 0 saturated carbocycles. The molecule has 1 aromatic rings. The van der Waals surface area contributed by atoms with E-state index < -0.39 is 6.69 Å². The van der Waals surface area contributed by atoms with E-state index in [4.69, 9.17) is 22.2 Å². The van der Waals surface area contributed by atoms with Crippen LogP contribution in [0.1, 0.15) is 64.7 Å². The van der Waals surface area contributed by atoms with Gasteiger partial charge in [0.05, 0.1) is 0 Å². The second-order valence-corrected chi connectivity index (χ2v) is 12.6. The Morgan fingerprint density at radius 1 is 0.750 bits per heavy atom. The summed E-state index contributed by atoms with van der Waals surface area (Å²) < 4.78 is 0. The molecule has 3 heteroatoms. The Hall–Kier alpha value is 0.0169. The van der Waals surface area contributed by atoms with E-state index in [1.807, 2.05) is 18.2 Å². The summed E-state index contributed by atoms with van der Waals surface area (Å²) in [5.74, 6) is 0. The molecule has 0 unspecified atom stereocenters. The van der Waals surface area contributed by atoms with Crippen molar-refractivity contribution in [3.8, 4) is 0 Å². The maximum Gasteiger partial charge on any atom is 0.280 e. The van der Waals surface area contributed by atoms with Gasteiger partial charge in [-0.25, -0.2) is 0 Å². The molecule has 0 saturated heterocycles. The molecule has 0 N–H and O–H groups in total. The molecule has 0 heterocycles. The van der Waals surface area contributed by atoms with Crippen LogP contribution in [0.5, 0.6) is 0 Å². The summed E-state index contributed by atoms with van der Waals surface area (Å²) in [6.07, 6.45) is 12.1. The highest BCUT2D eigenvalue weighted by Gasteiger charge is 2.29. The highest BCUT2D eigenvalue weighted by Crippen LogP contribution is 2.24. The lowest BCUT2D eigenvalue weighted by Gasteiger charge is -2.16. The largest absolute Gasteiger partial charge is 0.280 e. The van der Waals surface area contributed by atoms with Gasteiger partial charge in [-0.05, 0) is 11.2 Å². The molecule has 0 fully saturated rings. The topological polar surface area (TPSA) is 0 Å². The molecule has 0 aliphatic heterocycles. The Bertz CT molecular complexity index is 338. The number of rotatable bonds is 11. The molecule has 0 amide bonds. The Morgan fingerprint density at radius 3 is 1.80 bits per heavy atom. The van der Waals surface area contributed by atoms with Gasteiger partial charge in [-0.15, -0.1) is 22.2 Å². The lowest BCUT2D eigenvalue weighted by atomic mass is 10.1. The predicted molar refractivity (Wildman–Crippen MR) is 95.6 cm³/mol. The Balaban J connectivity index is 2.06. The molecule has 1 aromatic carbocycles. The van der Waals surface area contributed by atoms with Crippen LogP contribution in [0.2, 0.25) is 6.04 Å². The van der Waals surface area contributed by atoms with Crippen molar-refractivity contribution in [2.75, 3.05) is 0 Å². The molecule has 0 radical (unpaired) electrons. The summed E-state index contributed by atoms with van der Waals surface area (Å²) in [6, 6.07) is 11.2. The monoisotopic (exact) mass is 330 g/mol. The van der Waals surface area contributed by atoms with Crippen LogP contribution in [0.4, 0.5) is 0 Å². The molecular formula is C17H28Cl2Si. The number of benzene rings is 1. The molecule has 0 spiro atoms. The van der Waals surface area contributed by atoms with E-state index in [1.54, 1.807) is 0 Å². The van der Waals surface area contributed by atoms with Crippen molar-refractivity contribution in [2.24, 2.45) is 0 Å². The van der Waals surface area contributed by atoms with Crippen LogP contribution < -0.4 is 5.19 Å². The average molecular weight is 331 g/mol. The second-order valence-electron chi connectivity index (χ2n) is 5.65. The van der Waals surface area contributed by atoms with Crippen LogP contribution in [-0.2, 0) is 0 Å². The quantitative estimate of drug-likeness (QED) is 0.252. The summed E-state index contributed by atoms with van der Waals surface area (Å²) in [6.45, 7) is 0.0440. The highest BCUT2D eigenvalue weighted by molar-refractivity contribution is 7.50. The van der Waals surface area contributed by atoms with Crippen LogP contribution >= 0.6 is 22.2 Å². The van der Waals surface area contributed by atoms with Gasteiger partial charge in [-0.3, -0.25) is 0 Å². The average Bonchev–Trinajstić information content (AvgIpc) is 2.46. The third-order valence-corrected chi connectivity index (χ3v) is 8.39. The first-order chi connectivity index (χ1) is 9.67. The molecule has 0 aromatic heterocycles. The molecule has 0 nitrogen and oxygen atoms in total. The van der Waals surface area contributed by atoms with Crippen LogP contribution in [0.25, 0.3) is 0 Å². The van der Waals surface area contributed by atoms with Gasteiger partial charge in [0, 0.05) is 0 Å². The standard InChI is InChI=1S/C17H28Cl2Si/c1-2-3-4-5-6-7-8-9-13-16-20(18,19)17-14-11-10-12-15-17/h10-12,14-15H,2-9,13,16H2,1H3. The van der Waals surface area contributed by atoms with E-state index in [-0.39, 0.29) is 0 Å². The smallest absolute Gasteiger partial charge is 0.140 e. The Labute approximate surface area is 135 Å². The van der Waals surface area contributed by atoms with E-state index in [0.29, 0.717) is 0 Å². The highest BCUT2D eigenvalue weighted by atomic mass is 35.7. The van der Waals surface area contributed by atoms with Crippen molar-refractivity contribution in [2.45, 2.75) is 70.8 Å². The maximum absolute atomic E-state index is 6.56. The number of unbranched alkanes of at least 4 members (excludes halogenated alkanes) is 8. The number of halogens is 2. The summed E-state index contributed by atoms with van der Waals surface area (Å²) in [7, 11) is 0. The fraction of sp³-hybridized carbons (Fsp3) is 0.647. The summed E-state index contributed by atoms with van der Waals surface area (Å²) in [5, 5.41) is 1.16. The van der Waals surface area contributed by atoms with E-state index in [2.05, 4.69) is 19.1 Å². The normalized spacial score (nSPS) is 11.8. The molecule has 0 atom stereocenters. The molecule has 0 bridgehead atoms. The zero-order valence-corrected chi connectivity index (χ0v) is 15.2. The lowest BCUT2D eigenvalue weighted by molar-refractivity contribution is 0.572. The minimum absolute atomic E-state index is 0.982. The van der Waals surface area contributed by atoms with Gasteiger partial charge >= 0.3 is 0 Å². The van der Waals surface area contributed by atoms with Gasteiger partial charge < -0.3 is 0 Å². The van der Waals surface area contributed by atoms with Gasteiger partial charge in [0.25, 0.3) is 6.69 Å². The third kappa shape index (κ3) is 7.71. The molecule has 0 aliphatic carbocycles. The molecular weight excluding hydrogens is 303 g/mol. The minimum atomic E-state index is -2.22. The Morgan fingerprint density at radius 2 is 1.25 bits per heavy atom.